The Kier molecular flexibility index (Phi) is 4.48. The number of aliphatic hydroxyl groups excluding tert-OH is 1. The molecule has 1 fully saturated rings. The highest BCUT2D eigenvalue weighted by Crippen LogP contribution is 2.39. The lowest BCUT2D eigenvalue weighted by Gasteiger charge is -2.17. The Morgan fingerprint density at radius 1 is 1.57 bits per heavy atom. The number of halogens is 1. The van der Waals surface area contributed by atoms with Gasteiger partial charge in [0, 0.05) is 36.1 Å². The molecule has 1 aliphatic rings. The zero-order valence-corrected chi connectivity index (χ0v) is 13.2. The zero-order valence-electron chi connectivity index (χ0n) is 11.6. The molecule has 0 aliphatic carbocycles. The molecule has 1 aliphatic heterocycles. The second kappa shape index (κ2) is 5.98. The van der Waals surface area contributed by atoms with E-state index in [1.54, 1.807) is 13.1 Å². The average molecular weight is 359 g/mol. The number of hydrogen-bond acceptors (Lipinski definition) is 5. The molecule has 1 N–H and O–H groups in total. The van der Waals surface area contributed by atoms with Crippen LogP contribution in [-0.4, -0.2) is 40.5 Å². The maximum atomic E-state index is 11.9. The van der Waals surface area contributed by atoms with Gasteiger partial charge in [0.15, 0.2) is 6.10 Å². The van der Waals surface area contributed by atoms with Crippen LogP contribution in [0.5, 0.6) is 5.75 Å². The minimum absolute atomic E-state index is 0.0492. The monoisotopic (exact) mass is 358 g/mol. The maximum Gasteiger partial charge on any atom is 0.312 e. The Bertz CT molecular complexity index is 590. The minimum atomic E-state index is -0.953. The van der Waals surface area contributed by atoms with Gasteiger partial charge in [0.25, 0.3) is 5.91 Å². The standard InChI is InChI=1S/C13H15BrN2O5/c1-7(17)9-5-8(14)6-10(16(19)20)12(9)21-11-3-4-15(2)13(11)18/h5-7,11,17H,3-4H2,1-2H3/t7-,11?/m1/s1. The Morgan fingerprint density at radius 3 is 2.71 bits per heavy atom. The van der Waals surface area contributed by atoms with Gasteiger partial charge in [0.1, 0.15) is 0 Å². The summed E-state index contributed by atoms with van der Waals surface area (Å²) in [5.41, 5.74) is 0.000978. The number of carbonyl (C=O) groups is 1. The first-order chi connectivity index (χ1) is 9.81. The van der Waals surface area contributed by atoms with E-state index >= 15 is 0 Å². The molecule has 8 heteroatoms. The summed E-state index contributed by atoms with van der Waals surface area (Å²) in [6, 6.07) is 2.85. The van der Waals surface area contributed by atoms with Crippen molar-refractivity contribution in [3.8, 4) is 5.75 Å². The summed E-state index contributed by atoms with van der Waals surface area (Å²) < 4.78 is 6.05. The number of aliphatic hydroxyl groups is 1. The van der Waals surface area contributed by atoms with Gasteiger partial charge < -0.3 is 14.7 Å². The van der Waals surface area contributed by atoms with Crippen molar-refractivity contribution in [2.45, 2.75) is 25.6 Å². The van der Waals surface area contributed by atoms with Gasteiger partial charge in [0.05, 0.1) is 11.0 Å². The van der Waals surface area contributed by atoms with Gasteiger partial charge in [0.2, 0.25) is 5.75 Å². The molecule has 1 amide bonds. The highest BCUT2D eigenvalue weighted by atomic mass is 79.9. The molecule has 1 saturated heterocycles. The summed E-state index contributed by atoms with van der Waals surface area (Å²) in [5, 5.41) is 21.0. The molecule has 7 nitrogen and oxygen atoms in total. The SMILES string of the molecule is C[C@@H](O)c1cc(Br)cc([N+](=O)[O-])c1OC1CCN(C)C1=O. The summed E-state index contributed by atoms with van der Waals surface area (Å²) in [5.74, 6) is -0.268. The molecule has 1 aromatic carbocycles. The van der Waals surface area contributed by atoms with Gasteiger partial charge in [-0.1, -0.05) is 15.9 Å². The number of amides is 1. The number of likely N-dealkylation sites (N-methyl/N-ethyl adjacent to an activating group) is 1. The largest absolute Gasteiger partial charge is 0.473 e. The van der Waals surface area contributed by atoms with E-state index in [4.69, 9.17) is 4.74 Å². The van der Waals surface area contributed by atoms with Crippen LogP contribution in [-0.2, 0) is 4.79 Å². The fraction of sp³-hybridized carbons (Fsp3) is 0.462. The van der Waals surface area contributed by atoms with E-state index in [-0.39, 0.29) is 22.9 Å². The van der Waals surface area contributed by atoms with E-state index in [0.717, 1.165) is 0 Å². The van der Waals surface area contributed by atoms with E-state index in [9.17, 15) is 20.0 Å². The van der Waals surface area contributed by atoms with Crippen molar-refractivity contribution >= 4 is 27.5 Å². The Labute approximate surface area is 129 Å². The molecule has 1 heterocycles. The lowest BCUT2D eigenvalue weighted by atomic mass is 10.1. The molecular formula is C13H15BrN2O5. The lowest BCUT2D eigenvalue weighted by Crippen LogP contribution is -2.30. The van der Waals surface area contributed by atoms with Crippen molar-refractivity contribution in [2.75, 3.05) is 13.6 Å². The molecular weight excluding hydrogens is 344 g/mol. The van der Waals surface area contributed by atoms with Crippen LogP contribution in [0.2, 0.25) is 0 Å². The number of likely N-dealkylation sites (tertiary alicyclic amines) is 1. The first kappa shape index (κ1) is 15.7. The van der Waals surface area contributed by atoms with E-state index in [1.807, 2.05) is 0 Å². The van der Waals surface area contributed by atoms with Crippen molar-refractivity contribution in [3.05, 3.63) is 32.3 Å². The predicted octanol–water partition coefficient (Wildman–Crippen LogP) is 2.02. The average Bonchev–Trinajstić information content (AvgIpc) is 2.71. The van der Waals surface area contributed by atoms with Crippen LogP contribution in [0.4, 0.5) is 5.69 Å². The van der Waals surface area contributed by atoms with Crippen LogP contribution in [0.15, 0.2) is 16.6 Å². The maximum absolute atomic E-state index is 11.9. The summed E-state index contributed by atoms with van der Waals surface area (Å²) in [6.45, 7) is 2.03. The zero-order chi connectivity index (χ0) is 15.7. The number of benzene rings is 1. The Balaban J connectivity index is 2.45. The van der Waals surface area contributed by atoms with Crippen molar-refractivity contribution in [1.29, 1.82) is 0 Å². The van der Waals surface area contributed by atoms with Gasteiger partial charge in [-0.05, 0) is 13.0 Å². The predicted molar refractivity (Wildman–Crippen MR) is 78.1 cm³/mol. The third kappa shape index (κ3) is 3.16. The van der Waals surface area contributed by atoms with Gasteiger partial charge in [-0.15, -0.1) is 0 Å². The fourth-order valence-corrected chi connectivity index (χ4v) is 2.68. The molecule has 1 unspecified atom stereocenters. The van der Waals surface area contributed by atoms with Gasteiger partial charge >= 0.3 is 5.69 Å². The first-order valence-corrected chi connectivity index (χ1v) is 7.18. The smallest absolute Gasteiger partial charge is 0.312 e. The molecule has 0 bridgehead atoms. The van der Waals surface area contributed by atoms with Gasteiger partial charge in [-0.25, -0.2) is 0 Å². The van der Waals surface area contributed by atoms with Crippen molar-refractivity contribution in [2.24, 2.45) is 0 Å². The quantitative estimate of drug-likeness (QED) is 0.656. The highest BCUT2D eigenvalue weighted by Gasteiger charge is 2.34. The molecule has 0 spiro atoms. The number of ether oxygens (including phenoxy) is 1. The normalized spacial score (nSPS) is 19.7. The summed E-state index contributed by atoms with van der Waals surface area (Å²) in [4.78, 5) is 24.0. The number of nitrogens with zero attached hydrogens (tertiary/aromatic N) is 2. The number of hydrogen-bond donors (Lipinski definition) is 1. The van der Waals surface area contributed by atoms with E-state index < -0.39 is 17.1 Å². The highest BCUT2D eigenvalue weighted by molar-refractivity contribution is 9.10. The van der Waals surface area contributed by atoms with E-state index in [2.05, 4.69) is 15.9 Å². The summed E-state index contributed by atoms with van der Waals surface area (Å²) in [7, 11) is 1.65. The molecule has 1 aromatic rings. The fourth-order valence-electron chi connectivity index (χ4n) is 2.22. The second-order valence-electron chi connectivity index (χ2n) is 4.93. The number of nitro groups is 1. The van der Waals surface area contributed by atoms with Crippen molar-refractivity contribution < 1.29 is 19.6 Å². The van der Waals surface area contributed by atoms with Crippen LogP contribution in [0, 0.1) is 10.1 Å². The number of nitro benzene ring substituents is 1. The molecule has 0 aromatic heterocycles. The van der Waals surface area contributed by atoms with Crippen LogP contribution in [0.25, 0.3) is 0 Å². The third-order valence-electron chi connectivity index (χ3n) is 3.35. The molecule has 0 saturated carbocycles. The van der Waals surface area contributed by atoms with Crippen molar-refractivity contribution in [1.82, 2.24) is 4.90 Å². The van der Waals surface area contributed by atoms with Crippen LogP contribution in [0.3, 0.4) is 0 Å². The second-order valence-corrected chi connectivity index (χ2v) is 5.85. The number of carbonyl (C=O) groups excluding carboxylic acids is 1. The summed E-state index contributed by atoms with van der Waals surface area (Å²) in [6.07, 6.45) is -1.25. The third-order valence-corrected chi connectivity index (χ3v) is 3.81. The molecule has 114 valence electrons. The molecule has 2 atom stereocenters. The van der Waals surface area contributed by atoms with Crippen LogP contribution < -0.4 is 4.74 Å². The van der Waals surface area contributed by atoms with Crippen LogP contribution >= 0.6 is 15.9 Å². The first-order valence-electron chi connectivity index (χ1n) is 6.38. The Hall–Kier alpha value is -1.67. The molecule has 2 rings (SSSR count). The number of rotatable bonds is 4. The van der Waals surface area contributed by atoms with Gasteiger partial charge in [-0.2, -0.15) is 0 Å². The van der Waals surface area contributed by atoms with Crippen molar-refractivity contribution in [3.63, 3.8) is 0 Å². The lowest BCUT2D eigenvalue weighted by molar-refractivity contribution is -0.386. The topological polar surface area (TPSA) is 92.9 Å². The van der Waals surface area contributed by atoms with E-state index in [0.29, 0.717) is 17.4 Å². The van der Waals surface area contributed by atoms with E-state index in [1.165, 1.54) is 17.9 Å². The van der Waals surface area contributed by atoms with Gasteiger partial charge in [-0.3, -0.25) is 14.9 Å². The molecule has 21 heavy (non-hydrogen) atoms. The summed E-state index contributed by atoms with van der Waals surface area (Å²) >= 11 is 3.17. The van der Waals surface area contributed by atoms with Crippen LogP contribution in [0.1, 0.15) is 25.0 Å². The minimum Gasteiger partial charge on any atom is -0.473 e. The Morgan fingerprint density at radius 2 is 2.24 bits per heavy atom. The molecule has 0 radical (unpaired) electrons.